The maximum Gasteiger partial charge on any atom is 0.319 e. The number of hydrogen-bond acceptors (Lipinski definition) is 8. The van der Waals surface area contributed by atoms with Crippen molar-refractivity contribution in [3.63, 3.8) is 0 Å². The van der Waals surface area contributed by atoms with Crippen LogP contribution >= 0.6 is 11.6 Å². The number of alkyl halides is 1. The number of β-amino-alcohol motifs (C(OH)–C–C–N with tert-alkyl or cyclic N) is 1. The molecule has 0 aromatic carbocycles. The van der Waals surface area contributed by atoms with Crippen LogP contribution in [0.25, 0.3) is 10.9 Å². The van der Waals surface area contributed by atoms with Crippen molar-refractivity contribution in [3.05, 3.63) is 17.2 Å². The zero-order valence-electron chi connectivity index (χ0n) is 19.7. The highest BCUT2D eigenvalue weighted by Crippen LogP contribution is 2.40. The number of Topliss-reactive ketones (excluding diaryl/α,β-unsaturated/α-hetero) is 1. The van der Waals surface area contributed by atoms with Crippen molar-refractivity contribution >= 4 is 34.1 Å². The van der Waals surface area contributed by atoms with Gasteiger partial charge in [0.05, 0.1) is 17.0 Å². The molecule has 0 aliphatic carbocycles. The topological polar surface area (TPSA) is 91.7 Å². The molecular formula is C24H30ClF2N5O3. The van der Waals surface area contributed by atoms with Crippen molar-refractivity contribution in [3.8, 4) is 6.01 Å². The summed E-state index contributed by atoms with van der Waals surface area (Å²) < 4.78 is 35.2. The van der Waals surface area contributed by atoms with Gasteiger partial charge in [0.2, 0.25) is 0 Å². The summed E-state index contributed by atoms with van der Waals surface area (Å²) in [5.74, 6) is -0.494. The van der Waals surface area contributed by atoms with Gasteiger partial charge in [-0.05, 0) is 45.6 Å². The SMILES string of the molecule is CC(=O)C1CCC(O)CN(c2nc(OC[C@@]34CCCN3C[C@H](F)C4)nc3c(F)c(Cl)ncc23)CC1. The van der Waals surface area contributed by atoms with E-state index in [1.807, 2.05) is 4.90 Å². The van der Waals surface area contributed by atoms with E-state index in [4.69, 9.17) is 16.3 Å². The number of rotatable bonds is 5. The first-order valence-corrected chi connectivity index (χ1v) is 12.6. The van der Waals surface area contributed by atoms with Gasteiger partial charge in [0.1, 0.15) is 29.9 Å². The van der Waals surface area contributed by atoms with Crippen LogP contribution in [0.4, 0.5) is 14.6 Å². The number of carbonyl (C=O) groups excluding carboxylic acids is 1. The Morgan fingerprint density at radius 1 is 1.29 bits per heavy atom. The standard InChI is InChI=1S/C24H30ClF2N5O3/c1-14(33)15-3-4-17(34)12-31(8-5-15)22-18-10-28-21(25)19(27)20(18)29-23(30-22)35-13-24-6-2-7-32(24)11-16(26)9-24/h10,15-17,34H,2-9,11-13H2,1H3/t15?,16-,17?,24+/m1/s1. The molecule has 2 unspecified atom stereocenters. The van der Waals surface area contributed by atoms with Gasteiger partial charge >= 0.3 is 6.01 Å². The number of hydrogen-bond donors (Lipinski definition) is 1. The minimum Gasteiger partial charge on any atom is -0.461 e. The Morgan fingerprint density at radius 3 is 2.91 bits per heavy atom. The Morgan fingerprint density at radius 2 is 2.11 bits per heavy atom. The van der Waals surface area contributed by atoms with Crippen molar-refractivity contribution in [1.29, 1.82) is 0 Å². The van der Waals surface area contributed by atoms with Gasteiger partial charge in [-0.15, -0.1) is 0 Å². The first kappa shape index (κ1) is 24.5. The van der Waals surface area contributed by atoms with Crippen LogP contribution in [0.3, 0.4) is 0 Å². The molecule has 3 saturated heterocycles. The number of nitrogens with zero attached hydrogens (tertiary/aromatic N) is 5. The average molecular weight is 510 g/mol. The van der Waals surface area contributed by atoms with Crippen LogP contribution in [0.2, 0.25) is 5.15 Å². The van der Waals surface area contributed by atoms with Crippen molar-refractivity contribution in [2.24, 2.45) is 5.92 Å². The minimum absolute atomic E-state index is 0.0276. The van der Waals surface area contributed by atoms with Crippen LogP contribution in [-0.4, -0.2) is 81.3 Å². The maximum atomic E-state index is 15.0. The first-order chi connectivity index (χ1) is 16.8. The van der Waals surface area contributed by atoms with Crippen LogP contribution in [-0.2, 0) is 4.79 Å². The summed E-state index contributed by atoms with van der Waals surface area (Å²) in [6.07, 6.45) is 3.72. The normalized spacial score (nSPS) is 29.7. The number of aliphatic hydroxyl groups is 1. The minimum atomic E-state index is -0.897. The molecule has 35 heavy (non-hydrogen) atoms. The van der Waals surface area contributed by atoms with Gasteiger partial charge in [-0.3, -0.25) is 9.69 Å². The Hall–Kier alpha value is -2.17. The molecule has 0 bridgehead atoms. The highest BCUT2D eigenvalue weighted by Gasteiger charge is 2.49. The molecule has 8 nitrogen and oxygen atoms in total. The molecule has 190 valence electrons. The van der Waals surface area contributed by atoms with E-state index in [0.29, 0.717) is 50.0 Å². The van der Waals surface area contributed by atoms with Gasteiger partial charge in [-0.2, -0.15) is 9.97 Å². The third kappa shape index (κ3) is 4.80. The lowest BCUT2D eigenvalue weighted by atomic mass is 9.92. The van der Waals surface area contributed by atoms with Gasteiger partial charge in [0.25, 0.3) is 0 Å². The number of aromatic nitrogens is 3. The Bertz CT molecular complexity index is 1120. The summed E-state index contributed by atoms with van der Waals surface area (Å²) in [6, 6.07) is -0.0307. The average Bonchev–Trinajstić information content (AvgIpc) is 3.32. The lowest BCUT2D eigenvalue weighted by Crippen LogP contribution is -2.43. The number of anilines is 1. The second-order valence-corrected chi connectivity index (χ2v) is 10.5. The van der Waals surface area contributed by atoms with E-state index in [1.54, 1.807) is 6.92 Å². The number of pyridine rings is 1. The summed E-state index contributed by atoms with van der Waals surface area (Å²) in [5.41, 5.74) is -0.433. The lowest BCUT2D eigenvalue weighted by molar-refractivity contribution is -0.121. The molecule has 5 rings (SSSR count). The van der Waals surface area contributed by atoms with Gasteiger partial charge in [-0.25, -0.2) is 13.8 Å². The molecule has 11 heteroatoms. The van der Waals surface area contributed by atoms with Gasteiger partial charge in [-0.1, -0.05) is 11.6 Å². The van der Waals surface area contributed by atoms with Crippen LogP contribution in [0, 0.1) is 11.7 Å². The van der Waals surface area contributed by atoms with E-state index in [1.165, 1.54) is 6.20 Å². The molecule has 3 aliphatic heterocycles. The Labute approximate surface area is 207 Å². The van der Waals surface area contributed by atoms with E-state index in [0.717, 1.165) is 19.4 Å². The monoisotopic (exact) mass is 509 g/mol. The summed E-state index contributed by atoms with van der Waals surface area (Å²) >= 11 is 5.94. The highest BCUT2D eigenvalue weighted by molar-refractivity contribution is 6.30. The number of ketones is 1. The molecule has 0 saturated carbocycles. The summed E-state index contributed by atoms with van der Waals surface area (Å²) in [7, 11) is 0. The van der Waals surface area contributed by atoms with E-state index >= 15 is 4.39 Å². The predicted molar refractivity (Wildman–Crippen MR) is 127 cm³/mol. The Balaban J connectivity index is 1.49. The quantitative estimate of drug-likeness (QED) is 0.614. The third-order valence-electron chi connectivity index (χ3n) is 7.73. The van der Waals surface area contributed by atoms with E-state index in [2.05, 4.69) is 19.9 Å². The first-order valence-electron chi connectivity index (χ1n) is 12.2. The molecule has 0 radical (unpaired) electrons. The molecular weight excluding hydrogens is 480 g/mol. The summed E-state index contributed by atoms with van der Waals surface area (Å²) in [6.45, 7) is 3.69. The van der Waals surface area contributed by atoms with Crippen molar-refractivity contribution in [2.75, 3.05) is 37.7 Å². The van der Waals surface area contributed by atoms with Crippen LogP contribution < -0.4 is 9.64 Å². The highest BCUT2D eigenvalue weighted by atomic mass is 35.5. The van der Waals surface area contributed by atoms with Crippen LogP contribution in [0.5, 0.6) is 6.01 Å². The number of carbonyl (C=O) groups is 1. The van der Waals surface area contributed by atoms with Crippen molar-refractivity contribution in [2.45, 2.75) is 63.3 Å². The molecule has 2 aromatic rings. The molecule has 4 atom stereocenters. The fourth-order valence-corrected chi connectivity index (χ4v) is 5.98. The maximum absolute atomic E-state index is 15.0. The Kier molecular flexibility index (Phi) is 6.80. The molecule has 1 N–H and O–H groups in total. The molecule has 2 aromatic heterocycles. The van der Waals surface area contributed by atoms with E-state index in [9.17, 15) is 14.3 Å². The van der Waals surface area contributed by atoms with E-state index < -0.39 is 23.6 Å². The van der Waals surface area contributed by atoms with Gasteiger partial charge in [0, 0.05) is 38.2 Å². The number of halogens is 3. The molecule has 3 fully saturated rings. The molecule has 3 aliphatic rings. The van der Waals surface area contributed by atoms with Gasteiger partial charge in [0.15, 0.2) is 11.0 Å². The zero-order valence-corrected chi connectivity index (χ0v) is 20.5. The second kappa shape index (κ2) is 9.71. The van der Waals surface area contributed by atoms with Gasteiger partial charge < -0.3 is 14.7 Å². The lowest BCUT2D eigenvalue weighted by Gasteiger charge is -2.32. The number of fused-ring (bicyclic) bond motifs is 2. The summed E-state index contributed by atoms with van der Waals surface area (Å²) in [4.78, 5) is 28.8. The second-order valence-electron chi connectivity index (χ2n) is 10.1. The zero-order chi connectivity index (χ0) is 24.7. The van der Waals surface area contributed by atoms with E-state index in [-0.39, 0.29) is 41.5 Å². The fourth-order valence-electron chi connectivity index (χ4n) is 5.84. The number of ether oxygens (including phenoxy) is 1. The van der Waals surface area contributed by atoms with Crippen LogP contribution in [0.1, 0.15) is 45.4 Å². The van der Waals surface area contributed by atoms with Crippen molar-refractivity contribution in [1.82, 2.24) is 19.9 Å². The summed E-state index contributed by atoms with van der Waals surface area (Å²) in [5, 5.41) is 10.6. The number of aliphatic hydroxyl groups excluding tert-OH is 1. The third-order valence-corrected chi connectivity index (χ3v) is 8.00. The largest absolute Gasteiger partial charge is 0.461 e. The van der Waals surface area contributed by atoms with Crippen LogP contribution in [0.15, 0.2) is 6.20 Å². The smallest absolute Gasteiger partial charge is 0.319 e. The van der Waals surface area contributed by atoms with Crippen molar-refractivity contribution < 1.29 is 23.4 Å². The fraction of sp³-hybridized carbons (Fsp3) is 0.667. The molecule has 0 amide bonds. The molecule has 0 spiro atoms. The molecule has 5 heterocycles. The predicted octanol–water partition coefficient (Wildman–Crippen LogP) is 3.33.